The number of rotatable bonds is 5. The summed E-state index contributed by atoms with van der Waals surface area (Å²) in [5.74, 6) is 0.669. The Morgan fingerprint density at radius 2 is 2.50 bits per heavy atom. The van der Waals surface area contributed by atoms with E-state index in [1.807, 2.05) is 0 Å². The van der Waals surface area contributed by atoms with Crippen LogP contribution in [0.2, 0.25) is 0 Å². The lowest BCUT2D eigenvalue weighted by Gasteiger charge is -2.19. The average Bonchev–Trinajstić information content (AvgIpc) is 2.72. The molecule has 1 amide bonds. The molecule has 1 aliphatic heterocycles. The van der Waals surface area contributed by atoms with Crippen LogP contribution in [-0.4, -0.2) is 66.7 Å². The Morgan fingerprint density at radius 3 is 3.25 bits per heavy atom. The lowest BCUT2D eigenvalue weighted by Crippen LogP contribution is -2.36. The van der Waals surface area contributed by atoms with Gasteiger partial charge in [-0.1, -0.05) is 23.1 Å². The number of likely N-dealkylation sites (N-methyl/N-ethyl adjacent to an activating group) is 1. The highest BCUT2D eigenvalue weighted by atomic mass is 32.2. The van der Waals surface area contributed by atoms with Gasteiger partial charge in [-0.25, -0.2) is 0 Å². The number of hydrogen-bond donors (Lipinski definition) is 2. The molecule has 0 unspecified atom stereocenters. The van der Waals surface area contributed by atoms with E-state index in [1.165, 1.54) is 23.1 Å². The van der Waals surface area contributed by atoms with Crippen LogP contribution in [0.3, 0.4) is 0 Å². The van der Waals surface area contributed by atoms with Crippen LogP contribution >= 0.6 is 23.1 Å². The van der Waals surface area contributed by atoms with Crippen molar-refractivity contribution < 1.29 is 9.53 Å². The van der Waals surface area contributed by atoms with E-state index in [4.69, 9.17) is 10.5 Å². The van der Waals surface area contributed by atoms with Crippen molar-refractivity contribution in [2.24, 2.45) is 5.92 Å². The second kappa shape index (κ2) is 7.77. The van der Waals surface area contributed by atoms with Crippen LogP contribution in [0, 0.1) is 5.92 Å². The summed E-state index contributed by atoms with van der Waals surface area (Å²) in [6, 6.07) is 0. The Morgan fingerprint density at radius 1 is 1.65 bits per heavy atom. The molecule has 7 nitrogen and oxygen atoms in total. The Hall–Kier alpha value is -0.900. The molecule has 112 valence electrons. The van der Waals surface area contributed by atoms with E-state index in [0.717, 1.165) is 24.0 Å². The highest BCUT2D eigenvalue weighted by Crippen LogP contribution is 2.22. The molecular formula is C11H19N5O2S2. The average molecular weight is 317 g/mol. The van der Waals surface area contributed by atoms with Crippen LogP contribution in [-0.2, 0) is 9.53 Å². The van der Waals surface area contributed by atoms with Crippen LogP contribution in [0.1, 0.15) is 0 Å². The minimum absolute atomic E-state index is 0.00401. The maximum absolute atomic E-state index is 11.8. The molecule has 0 bridgehead atoms. The van der Waals surface area contributed by atoms with Crippen molar-refractivity contribution in [2.75, 3.05) is 51.4 Å². The second-order valence-electron chi connectivity index (χ2n) is 4.70. The molecule has 20 heavy (non-hydrogen) atoms. The van der Waals surface area contributed by atoms with Crippen molar-refractivity contribution in [3.05, 3.63) is 0 Å². The summed E-state index contributed by atoms with van der Waals surface area (Å²) in [6.45, 7) is 3.99. The van der Waals surface area contributed by atoms with Gasteiger partial charge in [0.25, 0.3) is 0 Å². The zero-order valence-corrected chi connectivity index (χ0v) is 13.0. The van der Waals surface area contributed by atoms with E-state index in [-0.39, 0.29) is 5.91 Å². The van der Waals surface area contributed by atoms with Gasteiger partial charge in [0.2, 0.25) is 11.0 Å². The Bertz CT molecular complexity index is 442. The van der Waals surface area contributed by atoms with Crippen LogP contribution in [0.15, 0.2) is 4.34 Å². The standard InChI is InChI=1S/C11H19N5O2S2/c1-16-2-3-18-6-8(5-16)4-13-9(17)7-19-11-15-14-10(12)20-11/h8H,2-7H2,1H3,(H2,12,14)(H,13,17)/t8-/m0/s1. The lowest BCUT2D eigenvalue weighted by atomic mass is 10.1. The molecule has 0 aromatic carbocycles. The summed E-state index contributed by atoms with van der Waals surface area (Å²) in [6.07, 6.45) is 0. The molecule has 0 aliphatic carbocycles. The van der Waals surface area contributed by atoms with Crippen molar-refractivity contribution in [1.82, 2.24) is 20.4 Å². The van der Waals surface area contributed by atoms with Gasteiger partial charge < -0.3 is 20.7 Å². The molecule has 2 heterocycles. The summed E-state index contributed by atoms with van der Waals surface area (Å²) in [4.78, 5) is 14.0. The number of nitrogen functional groups attached to an aromatic ring is 1. The smallest absolute Gasteiger partial charge is 0.230 e. The number of thioether (sulfide) groups is 1. The SMILES string of the molecule is CN1CCOC[C@@H](CNC(=O)CSc2nnc(N)s2)C1. The van der Waals surface area contributed by atoms with Crippen LogP contribution < -0.4 is 11.1 Å². The molecule has 1 aliphatic rings. The third kappa shape index (κ3) is 5.23. The first-order chi connectivity index (χ1) is 9.63. The van der Waals surface area contributed by atoms with E-state index >= 15 is 0 Å². The minimum atomic E-state index is -0.00401. The van der Waals surface area contributed by atoms with Gasteiger partial charge in [0.05, 0.1) is 19.0 Å². The van der Waals surface area contributed by atoms with Crippen molar-refractivity contribution in [1.29, 1.82) is 0 Å². The quantitative estimate of drug-likeness (QED) is 0.733. The third-order valence-electron chi connectivity index (χ3n) is 2.88. The fraction of sp³-hybridized carbons (Fsp3) is 0.727. The molecule has 0 saturated carbocycles. The number of anilines is 1. The molecular weight excluding hydrogens is 298 g/mol. The van der Waals surface area contributed by atoms with Gasteiger partial charge in [0.15, 0.2) is 4.34 Å². The van der Waals surface area contributed by atoms with E-state index in [2.05, 4.69) is 27.5 Å². The molecule has 0 spiro atoms. The largest absolute Gasteiger partial charge is 0.380 e. The first-order valence-electron chi connectivity index (χ1n) is 6.38. The number of carbonyl (C=O) groups excluding carboxylic acids is 1. The fourth-order valence-electron chi connectivity index (χ4n) is 1.89. The lowest BCUT2D eigenvalue weighted by molar-refractivity contribution is -0.118. The normalized spacial score (nSPS) is 20.6. The summed E-state index contributed by atoms with van der Waals surface area (Å²) in [5, 5.41) is 10.9. The highest BCUT2D eigenvalue weighted by Gasteiger charge is 2.17. The summed E-state index contributed by atoms with van der Waals surface area (Å²) >= 11 is 2.64. The van der Waals surface area contributed by atoms with Gasteiger partial charge >= 0.3 is 0 Å². The zero-order chi connectivity index (χ0) is 14.4. The van der Waals surface area contributed by atoms with Gasteiger partial charge in [-0.2, -0.15) is 0 Å². The van der Waals surface area contributed by atoms with Crippen molar-refractivity contribution in [3.8, 4) is 0 Å². The van der Waals surface area contributed by atoms with E-state index < -0.39 is 0 Å². The van der Waals surface area contributed by atoms with E-state index in [0.29, 0.717) is 30.0 Å². The first-order valence-corrected chi connectivity index (χ1v) is 8.18. The number of nitrogens with zero attached hydrogens (tertiary/aromatic N) is 3. The number of nitrogens with two attached hydrogens (primary N) is 1. The maximum Gasteiger partial charge on any atom is 0.230 e. The van der Waals surface area contributed by atoms with E-state index in [1.54, 1.807) is 0 Å². The van der Waals surface area contributed by atoms with Crippen molar-refractivity contribution in [3.63, 3.8) is 0 Å². The predicted molar refractivity (Wildman–Crippen MR) is 79.9 cm³/mol. The number of nitrogens with one attached hydrogen (secondary N) is 1. The van der Waals surface area contributed by atoms with Gasteiger partial charge in [-0.05, 0) is 7.05 Å². The Kier molecular flexibility index (Phi) is 6.02. The first kappa shape index (κ1) is 15.5. The molecule has 1 atom stereocenters. The molecule has 3 N–H and O–H groups in total. The number of amides is 1. The molecule has 9 heteroatoms. The zero-order valence-electron chi connectivity index (χ0n) is 11.4. The summed E-state index contributed by atoms with van der Waals surface area (Å²) in [5.41, 5.74) is 5.48. The maximum atomic E-state index is 11.8. The topological polar surface area (TPSA) is 93.4 Å². The second-order valence-corrected chi connectivity index (χ2v) is 6.93. The van der Waals surface area contributed by atoms with E-state index in [9.17, 15) is 4.79 Å². The summed E-state index contributed by atoms with van der Waals surface area (Å²) in [7, 11) is 2.07. The molecule has 1 fully saturated rings. The molecule has 1 saturated heterocycles. The number of aromatic nitrogens is 2. The van der Waals surface area contributed by atoms with Crippen LogP contribution in [0.4, 0.5) is 5.13 Å². The Balaban J connectivity index is 1.66. The number of ether oxygens (including phenoxy) is 1. The number of hydrogen-bond acceptors (Lipinski definition) is 8. The van der Waals surface area contributed by atoms with Gasteiger partial charge in [-0.15, -0.1) is 10.2 Å². The van der Waals surface area contributed by atoms with Crippen molar-refractivity contribution in [2.45, 2.75) is 4.34 Å². The summed E-state index contributed by atoms with van der Waals surface area (Å²) < 4.78 is 6.23. The number of carbonyl (C=O) groups is 1. The minimum Gasteiger partial charge on any atom is -0.380 e. The fourth-order valence-corrected chi connectivity index (χ4v) is 3.36. The van der Waals surface area contributed by atoms with Crippen LogP contribution in [0.25, 0.3) is 0 Å². The highest BCUT2D eigenvalue weighted by molar-refractivity contribution is 8.01. The molecule has 0 radical (unpaired) electrons. The molecule has 2 rings (SSSR count). The third-order valence-corrected chi connectivity index (χ3v) is 4.76. The van der Waals surface area contributed by atoms with Crippen LogP contribution in [0.5, 0.6) is 0 Å². The Labute approximate surface area is 126 Å². The van der Waals surface area contributed by atoms with Gasteiger partial charge in [-0.3, -0.25) is 4.79 Å². The molecule has 1 aromatic rings. The molecule has 1 aromatic heterocycles. The predicted octanol–water partition coefficient (Wildman–Crippen LogP) is -0.0932. The van der Waals surface area contributed by atoms with Crippen molar-refractivity contribution >= 4 is 34.1 Å². The van der Waals surface area contributed by atoms with Gasteiger partial charge in [0, 0.05) is 25.6 Å². The monoisotopic (exact) mass is 317 g/mol. The van der Waals surface area contributed by atoms with Gasteiger partial charge in [0.1, 0.15) is 0 Å².